The molecule has 0 radical (unpaired) electrons. The van der Waals surface area contributed by atoms with E-state index in [1.807, 2.05) is 25.7 Å². The van der Waals surface area contributed by atoms with Gasteiger partial charge in [0.05, 0.1) is 0 Å². The zero-order chi connectivity index (χ0) is 15.7. The molecule has 1 aromatic carbocycles. The van der Waals surface area contributed by atoms with Gasteiger partial charge in [-0.1, -0.05) is 12.1 Å². The molecular formula is C16H21N5O. The molecule has 0 saturated heterocycles. The summed E-state index contributed by atoms with van der Waals surface area (Å²) in [4.78, 5) is 6.57. The molecule has 1 aliphatic heterocycles. The quantitative estimate of drug-likeness (QED) is 0.939. The van der Waals surface area contributed by atoms with E-state index < -0.39 is 0 Å². The SMILES string of the molecule is COCc1nc2n(n1)[C@H](c1ccc(N(C)C)cc1)C=C(C)N2. The first-order valence-electron chi connectivity index (χ1n) is 7.25. The van der Waals surface area contributed by atoms with Crippen LogP contribution >= 0.6 is 0 Å². The van der Waals surface area contributed by atoms with Gasteiger partial charge in [-0.15, -0.1) is 0 Å². The van der Waals surface area contributed by atoms with E-state index in [0.717, 1.165) is 11.6 Å². The lowest BCUT2D eigenvalue weighted by Crippen LogP contribution is -2.20. The Kier molecular flexibility index (Phi) is 3.85. The Balaban J connectivity index is 1.97. The summed E-state index contributed by atoms with van der Waals surface area (Å²) in [6.07, 6.45) is 2.16. The van der Waals surface area contributed by atoms with Crippen LogP contribution in [-0.4, -0.2) is 36.0 Å². The number of nitrogens with one attached hydrogen (secondary N) is 1. The summed E-state index contributed by atoms with van der Waals surface area (Å²) in [5, 5.41) is 7.81. The second kappa shape index (κ2) is 5.81. The molecule has 0 bridgehead atoms. The molecule has 0 unspecified atom stereocenters. The molecule has 6 nitrogen and oxygen atoms in total. The number of hydrogen-bond acceptors (Lipinski definition) is 5. The molecule has 2 heterocycles. The highest BCUT2D eigenvalue weighted by Crippen LogP contribution is 2.29. The highest BCUT2D eigenvalue weighted by molar-refractivity contribution is 5.49. The Bertz CT molecular complexity index is 687. The molecule has 0 fully saturated rings. The number of anilines is 2. The first-order chi connectivity index (χ1) is 10.6. The van der Waals surface area contributed by atoms with Crippen LogP contribution in [-0.2, 0) is 11.3 Å². The summed E-state index contributed by atoms with van der Waals surface area (Å²) >= 11 is 0. The van der Waals surface area contributed by atoms with Gasteiger partial charge < -0.3 is 15.0 Å². The van der Waals surface area contributed by atoms with Crippen molar-refractivity contribution in [1.82, 2.24) is 14.8 Å². The molecule has 22 heavy (non-hydrogen) atoms. The third kappa shape index (κ3) is 2.69. The maximum Gasteiger partial charge on any atom is 0.226 e. The average molecular weight is 299 g/mol. The number of benzene rings is 1. The molecule has 0 spiro atoms. The maximum atomic E-state index is 5.13. The zero-order valence-corrected chi connectivity index (χ0v) is 13.4. The van der Waals surface area contributed by atoms with Gasteiger partial charge in [-0.2, -0.15) is 10.1 Å². The summed E-state index contributed by atoms with van der Waals surface area (Å²) in [6, 6.07) is 8.55. The first kappa shape index (κ1) is 14.6. The maximum absolute atomic E-state index is 5.13. The van der Waals surface area contributed by atoms with E-state index in [1.54, 1.807) is 7.11 Å². The van der Waals surface area contributed by atoms with Crippen molar-refractivity contribution in [2.45, 2.75) is 19.6 Å². The van der Waals surface area contributed by atoms with Gasteiger partial charge in [0.25, 0.3) is 0 Å². The molecule has 1 aliphatic rings. The number of methoxy groups -OCH3 is 1. The van der Waals surface area contributed by atoms with Gasteiger partial charge in [-0.25, -0.2) is 4.68 Å². The number of rotatable bonds is 4. The fraction of sp³-hybridized carbons (Fsp3) is 0.375. The van der Waals surface area contributed by atoms with Gasteiger partial charge in [-0.3, -0.25) is 0 Å². The van der Waals surface area contributed by atoms with Gasteiger partial charge in [0.2, 0.25) is 5.95 Å². The van der Waals surface area contributed by atoms with Crippen molar-refractivity contribution in [3.05, 3.63) is 47.4 Å². The average Bonchev–Trinajstić information content (AvgIpc) is 2.89. The van der Waals surface area contributed by atoms with Gasteiger partial charge in [0.15, 0.2) is 5.82 Å². The molecule has 0 aliphatic carbocycles. The second-order valence-corrected chi connectivity index (χ2v) is 5.63. The molecule has 3 rings (SSSR count). The van der Waals surface area contributed by atoms with Gasteiger partial charge in [-0.05, 0) is 30.7 Å². The molecule has 1 N–H and O–H groups in total. The van der Waals surface area contributed by atoms with Crippen LogP contribution in [0.4, 0.5) is 11.6 Å². The predicted octanol–water partition coefficient (Wildman–Crippen LogP) is 2.41. The fourth-order valence-corrected chi connectivity index (χ4v) is 2.57. The van der Waals surface area contributed by atoms with E-state index in [9.17, 15) is 0 Å². The molecule has 6 heteroatoms. The molecule has 116 valence electrons. The van der Waals surface area contributed by atoms with Crippen molar-refractivity contribution in [3.8, 4) is 0 Å². The monoisotopic (exact) mass is 299 g/mol. The Morgan fingerprint density at radius 1 is 1.27 bits per heavy atom. The van der Waals surface area contributed by atoms with Crippen molar-refractivity contribution >= 4 is 11.6 Å². The minimum Gasteiger partial charge on any atom is -0.378 e. The predicted molar refractivity (Wildman–Crippen MR) is 87.0 cm³/mol. The number of hydrogen-bond donors (Lipinski definition) is 1. The fourth-order valence-electron chi connectivity index (χ4n) is 2.57. The molecule has 2 aromatic rings. The summed E-state index contributed by atoms with van der Waals surface area (Å²) in [7, 11) is 5.72. The topological polar surface area (TPSA) is 55.2 Å². The van der Waals surface area contributed by atoms with Crippen LogP contribution in [0.1, 0.15) is 24.4 Å². The Morgan fingerprint density at radius 3 is 2.64 bits per heavy atom. The van der Waals surface area contributed by atoms with Crippen molar-refractivity contribution < 1.29 is 4.74 Å². The number of nitrogens with zero attached hydrogens (tertiary/aromatic N) is 4. The molecule has 0 amide bonds. The van der Waals surface area contributed by atoms with E-state index in [1.165, 1.54) is 11.3 Å². The molecule has 1 aromatic heterocycles. The Hall–Kier alpha value is -2.34. The molecule has 0 saturated carbocycles. The third-order valence-corrected chi connectivity index (χ3v) is 3.68. The van der Waals surface area contributed by atoms with Crippen LogP contribution in [0, 0.1) is 0 Å². The van der Waals surface area contributed by atoms with Crippen LogP contribution in [0.25, 0.3) is 0 Å². The van der Waals surface area contributed by atoms with Crippen molar-refractivity contribution in [2.75, 3.05) is 31.4 Å². The zero-order valence-electron chi connectivity index (χ0n) is 13.4. The minimum atomic E-state index is 0.0468. The van der Waals surface area contributed by atoms with Crippen molar-refractivity contribution in [1.29, 1.82) is 0 Å². The van der Waals surface area contributed by atoms with Crippen molar-refractivity contribution in [3.63, 3.8) is 0 Å². The largest absolute Gasteiger partial charge is 0.378 e. The second-order valence-electron chi connectivity index (χ2n) is 5.63. The van der Waals surface area contributed by atoms with Crippen LogP contribution in [0.15, 0.2) is 36.0 Å². The summed E-state index contributed by atoms with van der Waals surface area (Å²) < 4.78 is 7.04. The highest BCUT2D eigenvalue weighted by atomic mass is 16.5. The first-order valence-corrected chi connectivity index (χ1v) is 7.25. The lowest BCUT2D eigenvalue weighted by molar-refractivity contribution is 0.177. The van der Waals surface area contributed by atoms with Crippen LogP contribution in [0.2, 0.25) is 0 Å². The van der Waals surface area contributed by atoms with Crippen LogP contribution < -0.4 is 10.2 Å². The highest BCUT2D eigenvalue weighted by Gasteiger charge is 2.23. The van der Waals surface area contributed by atoms with E-state index in [-0.39, 0.29) is 6.04 Å². The Labute approximate surface area is 130 Å². The van der Waals surface area contributed by atoms with E-state index in [4.69, 9.17) is 4.74 Å². The Morgan fingerprint density at radius 2 is 2.00 bits per heavy atom. The van der Waals surface area contributed by atoms with E-state index in [2.05, 4.69) is 50.6 Å². The van der Waals surface area contributed by atoms with Crippen LogP contribution in [0.5, 0.6) is 0 Å². The lowest BCUT2D eigenvalue weighted by Gasteiger charge is -2.23. The number of fused-ring (bicyclic) bond motifs is 1. The lowest BCUT2D eigenvalue weighted by atomic mass is 10.0. The van der Waals surface area contributed by atoms with E-state index in [0.29, 0.717) is 12.4 Å². The molecular weight excluding hydrogens is 278 g/mol. The normalized spacial score (nSPS) is 16.7. The minimum absolute atomic E-state index is 0.0468. The smallest absolute Gasteiger partial charge is 0.226 e. The van der Waals surface area contributed by atoms with Gasteiger partial charge in [0.1, 0.15) is 12.6 Å². The van der Waals surface area contributed by atoms with Crippen LogP contribution in [0.3, 0.4) is 0 Å². The summed E-state index contributed by atoms with van der Waals surface area (Å²) in [5.74, 6) is 1.44. The van der Waals surface area contributed by atoms with E-state index >= 15 is 0 Å². The summed E-state index contributed by atoms with van der Waals surface area (Å²) in [5.41, 5.74) is 3.43. The third-order valence-electron chi connectivity index (χ3n) is 3.68. The summed E-state index contributed by atoms with van der Waals surface area (Å²) in [6.45, 7) is 2.45. The standard InChI is InChI=1S/C16H21N5O/c1-11-9-14(12-5-7-13(8-6-12)20(2)3)21-16(17-11)18-15(19-21)10-22-4/h5-9,14H,10H2,1-4H3,(H,17,18,19)/t14-/m0/s1. The van der Waals surface area contributed by atoms with Gasteiger partial charge in [0, 0.05) is 32.6 Å². The van der Waals surface area contributed by atoms with Crippen molar-refractivity contribution in [2.24, 2.45) is 0 Å². The number of allylic oxidation sites excluding steroid dienone is 2. The number of ether oxygens (including phenoxy) is 1. The molecule has 1 atom stereocenters. The van der Waals surface area contributed by atoms with Gasteiger partial charge >= 0.3 is 0 Å². The number of aromatic nitrogens is 3.